The van der Waals surface area contributed by atoms with Crippen molar-refractivity contribution in [2.24, 2.45) is 0 Å². The van der Waals surface area contributed by atoms with E-state index in [1.54, 1.807) is 29.2 Å². The molecule has 1 aliphatic rings. The second kappa shape index (κ2) is 9.09. The van der Waals surface area contributed by atoms with Crippen LogP contribution in [0.3, 0.4) is 0 Å². The van der Waals surface area contributed by atoms with Crippen molar-refractivity contribution in [2.45, 2.75) is 4.90 Å². The molecular weight excluding hydrogens is 434 g/mol. The second-order valence-corrected chi connectivity index (χ2v) is 9.48. The highest BCUT2D eigenvalue weighted by molar-refractivity contribution is 7.89. The molecule has 8 heteroatoms. The number of hydrogen-bond acceptors (Lipinski definition) is 4. The van der Waals surface area contributed by atoms with Crippen LogP contribution >= 0.6 is 11.6 Å². The van der Waals surface area contributed by atoms with Crippen LogP contribution in [-0.4, -0.2) is 49.7 Å². The Bertz CT molecular complexity index is 1180. The molecule has 1 saturated heterocycles. The number of hydrogen-bond donors (Lipinski definition) is 1. The lowest BCUT2D eigenvalue weighted by Gasteiger charge is -2.34. The van der Waals surface area contributed by atoms with E-state index in [-0.39, 0.29) is 28.9 Å². The zero-order valence-electron chi connectivity index (χ0n) is 16.7. The van der Waals surface area contributed by atoms with Crippen molar-refractivity contribution in [3.8, 4) is 0 Å². The van der Waals surface area contributed by atoms with Crippen LogP contribution in [0.4, 0.5) is 11.4 Å². The van der Waals surface area contributed by atoms with Gasteiger partial charge in [-0.2, -0.15) is 4.31 Å². The van der Waals surface area contributed by atoms with Crippen LogP contribution in [0.25, 0.3) is 0 Å². The maximum Gasteiger partial charge on any atom is 0.256 e. The fraction of sp³-hybridized carbons (Fsp3) is 0.174. The first-order valence-corrected chi connectivity index (χ1v) is 11.7. The van der Waals surface area contributed by atoms with Gasteiger partial charge in [0.2, 0.25) is 10.0 Å². The van der Waals surface area contributed by atoms with Gasteiger partial charge in [0.05, 0.1) is 16.3 Å². The summed E-state index contributed by atoms with van der Waals surface area (Å²) in [6.45, 7) is 1.05. The van der Waals surface area contributed by atoms with Crippen molar-refractivity contribution >= 4 is 38.9 Å². The lowest BCUT2D eigenvalue weighted by Crippen LogP contribution is -2.50. The third-order valence-electron chi connectivity index (χ3n) is 5.19. The number of benzene rings is 3. The second-order valence-electron chi connectivity index (χ2n) is 7.16. The maximum absolute atomic E-state index is 13.2. The van der Waals surface area contributed by atoms with Crippen LogP contribution < -0.4 is 5.32 Å². The average molecular weight is 456 g/mol. The van der Waals surface area contributed by atoms with Crippen LogP contribution in [0.5, 0.6) is 0 Å². The minimum atomic E-state index is -3.70. The number of sulfonamides is 1. The Kier molecular flexibility index (Phi) is 6.27. The van der Waals surface area contributed by atoms with E-state index in [0.29, 0.717) is 24.3 Å². The van der Waals surface area contributed by atoms with Crippen LogP contribution in [0.2, 0.25) is 5.02 Å². The molecule has 0 unspecified atom stereocenters. The molecule has 3 aromatic rings. The van der Waals surface area contributed by atoms with E-state index in [4.69, 9.17) is 11.6 Å². The van der Waals surface area contributed by atoms with Gasteiger partial charge in [-0.25, -0.2) is 8.42 Å². The minimum Gasteiger partial charge on any atom is -0.355 e. The van der Waals surface area contributed by atoms with E-state index in [2.05, 4.69) is 5.32 Å². The van der Waals surface area contributed by atoms with Gasteiger partial charge in [-0.3, -0.25) is 4.79 Å². The van der Waals surface area contributed by atoms with E-state index in [1.807, 2.05) is 48.5 Å². The number of carbonyl (C=O) groups excluding carboxylic acids is 1. The van der Waals surface area contributed by atoms with Crippen molar-refractivity contribution < 1.29 is 13.2 Å². The Balaban J connectivity index is 1.48. The van der Waals surface area contributed by atoms with Gasteiger partial charge in [0.15, 0.2) is 0 Å². The van der Waals surface area contributed by atoms with Crippen molar-refractivity contribution in [1.82, 2.24) is 9.21 Å². The predicted molar refractivity (Wildman–Crippen MR) is 122 cm³/mol. The monoisotopic (exact) mass is 455 g/mol. The Morgan fingerprint density at radius 1 is 0.806 bits per heavy atom. The zero-order chi connectivity index (χ0) is 21.8. The molecule has 6 nitrogen and oxygen atoms in total. The molecule has 4 rings (SSSR count). The highest BCUT2D eigenvalue weighted by atomic mass is 35.5. The minimum absolute atomic E-state index is 0.0915. The number of nitrogens with zero attached hydrogens (tertiary/aromatic N) is 2. The van der Waals surface area contributed by atoms with Crippen LogP contribution in [0, 0.1) is 0 Å². The first-order chi connectivity index (χ1) is 15.0. The van der Waals surface area contributed by atoms with E-state index >= 15 is 0 Å². The maximum atomic E-state index is 13.2. The average Bonchev–Trinajstić information content (AvgIpc) is 2.80. The molecule has 1 aliphatic heterocycles. The fourth-order valence-electron chi connectivity index (χ4n) is 3.55. The molecule has 0 spiro atoms. The summed E-state index contributed by atoms with van der Waals surface area (Å²) in [5.41, 5.74) is 2.15. The number of para-hydroxylation sites is 2. The topological polar surface area (TPSA) is 69.7 Å². The van der Waals surface area contributed by atoms with Gasteiger partial charge >= 0.3 is 0 Å². The van der Waals surface area contributed by atoms with E-state index < -0.39 is 10.0 Å². The molecule has 0 aromatic heterocycles. The number of halogens is 1. The molecule has 160 valence electrons. The highest BCUT2D eigenvalue weighted by Gasteiger charge is 2.32. The zero-order valence-corrected chi connectivity index (χ0v) is 18.3. The molecule has 0 aliphatic carbocycles. The number of nitrogens with one attached hydrogen (secondary N) is 1. The van der Waals surface area contributed by atoms with Gasteiger partial charge in [-0.05, 0) is 36.4 Å². The third kappa shape index (κ3) is 4.58. The Morgan fingerprint density at radius 2 is 1.42 bits per heavy atom. The normalized spacial score (nSPS) is 14.9. The SMILES string of the molecule is O=C(c1ccccc1Nc1ccccc1)N1CCN(S(=O)(=O)c2ccccc2Cl)CC1. The molecule has 1 amide bonds. The number of anilines is 2. The molecule has 31 heavy (non-hydrogen) atoms. The summed E-state index contributed by atoms with van der Waals surface area (Å²) in [5.74, 6) is -0.131. The third-order valence-corrected chi connectivity index (χ3v) is 7.59. The lowest BCUT2D eigenvalue weighted by molar-refractivity contribution is 0.0699. The van der Waals surface area contributed by atoms with Gasteiger partial charge in [-0.1, -0.05) is 54.1 Å². The van der Waals surface area contributed by atoms with Crippen molar-refractivity contribution in [3.05, 3.63) is 89.4 Å². The highest BCUT2D eigenvalue weighted by Crippen LogP contribution is 2.26. The molecule has 1 fully saturated rings. The van der Waals surface area contributed by atoms with Gasteiger partial charge in [0, 0.05) is 31.9 Å². The van der Waals surface area contributed by atoms with Gasteiger partial charge in [-0.15, -0.1) is 0 Å². The summed E-state index contributed by atoms with van der Waals surface area (Å²) in [4.78, 5) is 15.0. The van der Waals surface area contributed by atoms with Crippen LogP contribution in [-0.2, 0) is 10.0 Å². The van der Waals surface area contributed by atoms with E-state index in [9.17, 15) is 13.2 Å². The van der Waals surface area contributed by atoms with Crippen LogP contribution in [0.15, 0.2) is 83.8 Å². The molecular formula is C23H22ClN3O3S. The van der Waals surface area contributed by atoms with Gasteiger partial charge in [0.1, 0.15) is 4.90 Å². The number of rotatable bonds is 5. The summed E-state index contributed by atoms with van der Waals surface area (Å²) >= 11 is 6.09. The lowest BCUT2D eigenvalue weighted by atomic mass is 10.1. The first kappa shape index (κ1) is 21.4. The standard InChI is InChI=1S/C23H22ClN3O3S/c24-20-11-5-7-13-22(20)31(29,30)27-16-14-26(15-17-27)23(28)19-10-4-6-12-21(19)25-18-8-2-1-3-9-18/h1-13,25H,14-17H2. The first-order valence-electron chi connectivity index (χ1n) is 9.92. The summed E-state index contributed by atoms with van der Waals surface area (Å²) in [6.07, 6.45) is 0. The Labute approximate surface area is 187 Å². The van der Waals surface area contributed by atoms with Gasteiger partial charge in [0.25, 0.3) is 5.91 Å². The molecule has 3 aromatic carbocycles. The van der Waals surface area contributed by atoms with Crippen molar-refractivity contribution in [2.75, 3.05) is 31.5 Å². The summed E-state index contributed by atoms with van der Waals surface area (Å²) in [7, 11) is -3.70. The quantitative estimate of drug-likeness (QED) is 0.625. The fourth-order valence-corrected chi connectivity index (χ4v) is 5.47. The van der Waals surface area contributed by atoms with E-state index in [1.165, 1.54) is 10.4 Å². The number of carbonyl (C=O) groups is 1. The van der Waals surface area contributed by atoms with Crippen molar-refractivity contribution in [1.29, 1.82) is 0 Å². The Morgan fingerprint density at radius 3 is 2.13 bits per heavy atom. The number of piperazine rings is 1. The van der Waals surface area contributed by atoms with E-state index in [0.717, 1.165) is 5.69 Å². The number of amides is 1. The Hall–Kier alpha value is -2.87. The van der Waals surface area contributed by atoms with Gasteiger partial charge < -0.3 is 10.2 Å². The summed E-state index contributed by atoms with van der Waals surface area (Å²) in [5, 5.41) is 3.48. The molecule has 1 N–H and O–H groups in total. The molecule has 0 bridgehead atoms. The summed E-state index contributed by atoms with van der Waals surface area (Å²) < 4.78 is 27.3. The summed E-state index contributed by atoms with van der Waals surface area (Å²) in [6, 6.07) is 23.4. The predicted octanol–water partition coefficient (Wildman–Crippen LogP) is 4.23. The molecule has 0 atom stereocenters. The molecule has 0 radical (unpaired) electrons. The smallest absolute Gasteiger partial charge is 0.256 e. The van der Waals surface area contributed by atoms with Crippen molar-refractivity contribution in [3.63, 3.8) is 0 Å². The molecule has 0 saturated carbocycles. The largest absolute Gasteiger partial charge is 0.355 e. The van der Waals surface area contributed by atoms with Crippen LogP contribution in [0.1, 0.15) is 10.4 Å². The molecule has 1 heterocycles.